The van der Waals surface area contributed by atoms with Crippen LogP contribution in [0, 0.1) is 6.92 Å². The Morgan fingerprint density at radius 1 is 1.25 bits per heavy atom. The molecule has 2 aromatic rings. The first-order valence-corrected chi connectivity index (χ1v) is 7.04. The summed E-state index contributed by atoms with van der Waals surface area (Å²) >= 11 is 0. The molecule has 0 fully saturated rings. The summed E-state index contributed by atoms with van der Waals surface area (Å²) in [5.41, 5.74) is 1.18. The molecule has 0 saturated carbocycles. The van der Waals surface area contributed by atoms with E-state index in [0.29, 0.717) is 13.0 Å². The minimum absolute atomic E-state index is 0.128. The molecule has 0 radical (unpaired) electrons. The number of benzene rings is 1. The molecule has 0 aliphatic carbocycles. The van der Waals surface area contributed by atoms with Crippen LogP contribution in [-0.2, 0) is 13.1 Å². The average molecular weight is 274 g/mol. The molecule has 0 aliphatic rings. The monoisotopic (exact) mass is 274 g/mol. The lowest BCUT2D eigenvalue weighted by atomic mass is 10.0. The molecule has 0 bridgehead atoms. The second-order valence-corrected chi connectivity index (χ2v) is 4.76. The molecule has 0 saturated heterocycles. The highest BCUT2D eigenvalue weighted by molar-refractivity contribution is 5.18. The molecule has 108 valence electrons. The van der Waals surface area contributed by atoms with Crippen molar-refractivity contribution in [1.82, 2.24) is 20.1 Å². The fraction of sp³-hybridized carbons (Fsp3) is 0.467. The number of aryl methyl sites for hydroxylation is 1. The maximum absolute atomic E-state index is 9.23. The van der Waals surface area contributed by atoms with Crippen molar-refractivity contribution in [3.05, 3.63) is 47.5 Å². The zero-order chi connectivity index (χ0) is 14.4. The Bertz CT molecular complexity index is 524. The first-order valence-electron chi connectivity index (χ1n) is 7.04. The topological polar surface area (TPSA) is 63.0 Å². The highest BCUT2D eigenvalue weighted by Gasteiger charge is 2.13. The summed E-state index contributed by atoms with van der Waals surface area (Å²) < 4.78 is 2.09. The largest absolute Gasteiger partial charge is 0.396 e. The van der Waals surface area contributed by atoms with Gasteiger partial charge in [0.25, 0.3) is 0 Å². The molecule has 1 aromatic carbocycles. The van der Waals surface area contributed by atoms with Crippen molar-refractivity contribution < 1.29 is 5.11 Å². The van der Waals surface area contributed by atoms with Gasteiger partial charge in [-0.1, -0.05) is 30.3 Å². The maximum atomic E-state index is 9.23. The summed E-state index contributed by atoms with van der Waals surface area (Å²) in [4.78, 5) is 0. The number of aliphatic hydroxyl groups excluding tert-OH is 1. The molecule has 1 atom stereocenters. The van der Waals surface area contributed by atoms with Crippen LogP contribution in [-0.4, -0.2) is 26.5 Å². The van der Waals surface area contributed by atoms with E-state index in [0.717, 1.165) is 18.2 Å². The Labute approximate surface area is 119 Å². The van der Waals surface area contributed by atoms with Gasteiger partial charge in [-0.3, -0.25) is 0 Å². The molecule has 5 nitrogen and oxygen atoms in total. The van der Waals surface area contributed by atoms with Gasteiger partial charge in [-0.2, -0.15) is 0 Å². The number of aromatic nitrogens is 3. The van der Waals surface area contributed by atoms with E-state index in [9.17, 15) is 5.11 Å². The van der Waals surface area contributed by atoms with Crippen LogP contribution in [0.25, 0.3) is 0 Å². The predicted octanol–water partition coefficient (Wildman–Crippen LogP) is 1.82. The summed E-state index contributed by atoms with van der Waals surface area (Å²) in [5.74, 6) is 1.87. The van der Waals surface area contributed by atoms with Gasteiger partial charge in [0.05, 0.1) is 6.54 Å². The van der Waals surface area contributed by atoms with E-state index in [1.165, 1.54) is 5.56 Å². The first kappa shape index (κ1) is 14.7. The van der Waals surface area contributed by atoms with E-state index in [1.807, 2.05) is 25.1 Å². The van der Waals surface area contributed by atoms with Crippen molar-refractivity contribution >= 4 is 0 Å². The standard InChI is InChI=1S/C15H22N4O/c1-3-19-12(2)17-18-15(19)11-16-14(9-10-20)13-7-5-4-6-8-13/h4-8,14,16,20H,3,9-11H2,1-2H3. The normalized spacial score (nSPS) is 12.6. The van der Waals surface area contributed by atoms with Gasteiger partial charge >= 0.3 is 0 Å². The number of aliphatic hydroxyl groups is 1. The van der Waals surface area contributed by atoms with E-state index in [2.05, 4.69) is 39.1 Å². The number of hydrogen-bond donors (Lipinski definition) is 2. The number of nitrogens with one attached hydrogen (secondary N) is 1. The summed E-state index contributed by atoms with van der Waals surface area (Å²) in [6.45, 7) is 5.72. The third-order valence-corrected chi connectivity index (χ3v) is 3.45. The van der Waals surface area contributed by atoms with Crippen LogP contribution in [0.3, 0.4) is 0 Å². The lowest BCUT2D eigenvalue weighted by Crippen LogP contribution is -2.24. The van der Waals surface area contributed by atoms with Gasteiger partial charge in [-0.25, -0.2) is 0 Å². The molecule has 1 aromatic heterocycles. The Morgan fingerprint density at radius 2 is 2.00 bits per heavy atom. The van der Waals surface area contributed by atoms with E-state index in [4.69, 9.17) is 0 Å². The molecule has 1 heterocycles. The van der Waals surface area contributed by atoms with Crippen LogP contribution < -0.4 is 5.32 Å². The molecule has 1 unspecified atom stereocenters. The lowest BCUT2D eigenvalue weighted by Gasteiger charge is -2.18. The third-order valence-electron chi connectivity index (χ3n) is 3.45. The Morgan fingerprint density at radius 3 is 2.65 bits per heavy atom. The zero-order valence-corrected chi connectivity index (χ0v) is 12.1. The zero-order valence-electron chi connectivity index (χ0n) is 12.1. The van der Waals surface area contributed by atoms with Crippen LogP contribution in [0.1, 0.15) is 36.6 Å². The van der Waals surface area contributed by atoms with E-state index >= 15 is 0 Å². The minimum atomic E-state index is 0.128. The Hall–Kier alpha value is -1.72. The molecular weight excluding hydrogens is 252 g/mol. The van der Waals surface area contributed by atoms with Crippen LogP contribution in [0.4, 0.5) is 0 Å². The molecule has 2 N–H and O–H groups in total. The van der Waals surface area contributed by atoms with Crippen LogP contribution >= 0.6 is 0 Å². The highest BCUT2D eigenvalue weighted by Crippen LogP contribution is 2.16. The Balaban J connectivity index is 2.06. The van der Waals surface area contributed by atoms with Crippen LogP contribution in [0.5, 0.6) is 0 Å². The highest BCUT2D eigenvalue weighted by atomic mass is 16.3. The molecule has 0 amide bonds. The van der Waals surface area contributed by atoms with E-state index < -0.39 is 0 Å². The SMILES string of the molecule is CCn1c(C)nnc1CNC(CCO)c1ccccc1. The smallest absolute Gasteiger partial charge is 0.147 e. The number of rotatable bonds is 7. The maximum Gasteiger partial charge on any atom is 0.147 e. The Kier molecular flexibility index (Phi) is 5.26. The molecule has 5 heteroatoms. The second kappa shape index (κ2) is 7.17. The van der Waals surface area contributed by atoms with Crippen molar-refractivity contribution in [2.75, 3.05) is 6.61 Å². The summed E-state index contributed by atoms with van der Waals surface area (Å²) in [5, 5.41) is 21.0. The fourth-order valence-corrected chi connectivity index (χ4v) is 2.38. The number of hydrogen-bond acceptors (Lipinski definition) is 4. The van der Waals surface area contributed by atoms with Gasteiger partial charge in [0.1, 0.15) is 11.6 Å². The van der Waals surface area contributed by atoms with Crippen LogP contribution in [0.2, 0.25) is 0 Å². The van der Waals surface area contributed by atoms with Gasteiger partial charge in [0.15, 0.2) is 0 Å². The number of nitrogens with zero attached hydrogens (tertiary/aromatic N) is 3. The van der Waals surface area contributed by atoms with Gasteiger partial charge in [-0.05, 0) is 25.8 Å². The second-order valence-electron chi connectivity index (χ2n) is 4.76. The molecule has 0 spiro atoms. The van der Waals surface area contributed by atoms with Gasteiger partial charge in [0.2, 0.25) is 0 Å². The van der Waals surface area contributed by atoms with E-state index in [1.54, 1.807) is 0 Å². The summed E-state index contributed by atoms with van der Waals surface area (Å²) in [7, 11) is 0. The first-order chi connectivity index (χ1) is 9.76. The fourth-order valence-electron chi connectivity index (χ4n) is 2.38. The lowest BCUT2D eigenvalue weighted by molar-refractivity contribution is 0.264. The molecule has 20 heavy (non-hydrogen) atoms. The molecular formula is C15H22N4O. The molecule has 2 rings (SSSR count). The van der Waals surface area contributed by atoms with Crippen LogP contribution in [0.15, 0.2) is 30.3 Å². The van der Waals surface area contributed by atoms with Crippen molar-refractivity contribution in [2.45, 2.75) is 39.4 Å². The van der Waals surface area contributed by atoms with Gasteiger partial charge < -0.3 is 15.0 Å². The van der Waals surface area contributed by atoms with E-state index in [-0.39, 0.29) is 12.6 Å². The quantitative estimate of drug-likeness (QED) is 0.808. The predicted molar refractivity (Wildman–Crippen MR) is 78.2 cm³/mol. The van der Waals surface area contributed by atoms with Gasteiger partial charge in [0, 0.05) is 19.2 Å². The van der Waals surface area contributed by atoms with Crippen molar-refractivity contribution in [1.29, 1.82) is 0 Å². The summed E-state index contributed by atoms with van der Waals surface area (Å²) in [6, 6.07) is 10.3. The summed E-state index contributed by atoms with van der Waals surface area (Å²) in [6.07, 6.45) is 0.684. The van der Waals surface area contributed by atoms with Crippen molar-refractivity contribution in [3.63, 3.8) is 0 Å². The molecule has 0 aliphatic heterocycles. The van der Waals surface area contributed by atoms with Crippen molar-refractivity contribution in [3.8, 4) is 0 Å². The van der Waals surface area contributed by atoms with Gasteiger partial charge in [-0.15, -0.1) is 10.2 Å². The minimum Gasteiger partial charge on any atom is -0.396 e. The van der Waals surface area contributed by atoms with Crippen molar-refractivity contribution in [2.24, 2.45) is 0 Å². The average Bonchev–Trinajstić information content (AvgIpc) is 2.84. The third kappa shape index (κ3) is 3.43.